The summed E-state index contributed by atoms with van der Waals surface area (Å²) < 4.78 is 0. The van der Waals surface area contributed by atoms with Crippen molar-refractivity contribution < 1.29 is 0 Å². The van der Waals surface area contributed by atoms with Crippen LogP contribution >= 0.6 is 0 Å². The molecule has 2 atom stereocenters. The fourth-order valence-corrected chi connectivity index (χ4v) is 1.91. The van der Waals surface area contributed by atoms with Crippen molar-refractivity contribution in [3.8, 4) is 0 Å². The van der Waals surface area contributed by atoms with Gasteiger partial charge in [-0.15, -0.1) is 0 Å². The third-order valence-electron chi connectivity index (χ3n) is 2.74. The van der Waals surface area contributed by atoms with Gasteiger partial charge < -0.3 is 0 Å². The van der Waals surface area contributed by atoms with Gasteiger partial charge in [0.15, 0.2) is 0 Å². The molecule has 1 aliphatic carbocycles. The Bertz CT molecular complexity index is 258. The predicted octanol–water partition coefficient (Wildman–Crippen LogP) is 2.60. The first kappa shape index (κ1) is 7.78. The van der Waals surface area contributed by atoms with Gasteiger partial charge in [-0.05, 0) is 18.4 Å². The highest BCUT2D eigenvalue weighted by Gasteiger charge is 2.26. The van der Waals surface area contributed by atoms with Crippen molar-refractivity contribution in [2.75, 3.05) is 0 Å². The molecule has 64 valence electrons. The molecule has 0 spiro atoms. The van der Waals surface area contributed by atoms with E-state index in [0.717, 1.165) is 0 Å². The Morgan fingerprint density at radius 1 is 1.50 bits per heavy atom. The normalized spacial score (nSPS) is 32.4. The van der Waals surface area contributed by atoms with Gasteiger partial charge in [0, 0.05) is 12.1 Å². The highest BCUT2D eigenvalue weighted by Crippen LogP contribution is 2.33. The maximum Gasteiger partial charge on any atom is 0.0748 e. The summed E-state index contributed by atoms with van der Waals surface area (Å²) >= 11 is 0. The quantitative estimate of drug-likeness (QED) is 0.524. The van der Waals surface area contributed by atoms with Crippen LogP contribution in [0.4, 0.5) is 0 Å². The minimum atomic E-state index is 0.451. The first-order valence-corrected chi connectivity index (χ1v) is 4.68. The standard InChI is InChI=1S/C11H15N/c1-8(2)10-6-9-4-3-5-12-11(9)7-10/h3-5,7-9,11H,6H2,1-2H3. The van der Waals surface area contributed by atoms with E-state index in [4.69, 9.17) is 0 Å². The first-order valence-electron chi connectivity index (χ1n) is 4.68. The average molecular weight is 161 g/mol. The number of dihydropyridines is 1. The summed E-state index contributed by atoms with van der Waals surface area (Å²) in [5.74, 6) is 1.35. The second-order valence-electron chi connectivity index (χ2n) is 3.94. The summed E-state index contributed by atoms with van der Waals surface area (Å²) in [5, 5.41) is 0. The van der Waals surface area contributed by atoms with E-state index < -0.39 is 0 Å². The summed E-state index contributed by atoms with van der Waals surface area (Å²) in [7, 11) is 0. The molecule has 0 saturated carbocycles. The van der Waals surface area contributed by atoms with Crippen LogP contribution in [0.15, 0.2) is 28.8 Å². The van der Waals surface area contributed by atoms with Crippen molar-refractivity contribution in [3.63, 3.8) is 0 Å². The van der Waals surface area contributed by atoms with Gasteiger partial charge in [-0.2, -0.15) is 0 Å². The molecule has 0 aromatic heterocycles. The molecule has 2 rings (SSSR count). The smallest absolute Gasteiger partial charge is 0.0748 e. The molecular weight excluding hydrogens is 146 g/mol. The molecule has 0 bridgehead atoms. The predicted molar refractivity (Wildman–Crippen MR) is 52.4 cm³/mol. The summed E-state index contributed by atoms with van der Waals surface area (Å²) in [4.78, 5) is 4.44. The molecule has 12 heavy (non-hydrogen) atoms. The molecule has 2 unspecified atom stereocenters. The molecule has 0 aromatic carbocycles. The van der Waals surface area contributed by atoms with Gasteiger partial charge >= 0.3 is 0 Å². The van der Waals surface area contributed by atoms with Crippen LogP contribution < -0.4 is 0 Å². The van der Waals surface area contributed by atoms with Crippen LogP contribution in [0.5, 0.6) is 0 Å². The number of rotatable bonds is 1. The zero-order valence-corrected chi connectivity index (χ0v) is 7.70. The van der Waals surface area contributed by atoms with E-state index in [9.17, 15) is 0 Å². The lowest BCUT2D eigenvalue weighted by molar-refractivity contribution is 0.593. The summed E-state index contributed by atoms with van der Waals surface area (Å²) in [6, 6.07) is 0.451. The summed E-state index contributed by atoms with van der Waals surface area (Å²) in [6.45, 7) is 4.52. The van der Waals surface area contributed by atoms with Gasteiger partial charge in [-0.25, -0.2) is 0 Å². The second kappa shape index (κ2) is 2.89. The molecule has 1 aliphatic heterocycles. The van der Waals surface area contributed by atoms with E-state index in [-0.39, 0.29) is 0 Å². The average Bonchev–Trinajstić information content (AvgIpc) is 2.46. The summed E-state index contributed by atoms with van der Waals surface area (Å²) in [5.41, 5.74) is 1.58. The lowest BCUT2D eigenvalue weighted by Crippen LogP contribution is -2.11. The minimum Gasteiger partial charge on any atom is -0.285 e. The van der Waals surface area contributed by atoms with Crippen LogP contribution in [0, 0.1) is 11.8 Å². The Hall–Kier alpha value is -0.850. The lowest BCUT2D eigenvalue weighted by Gasteiger charge is -2.13. The van der Waals surface area contributed by atoms with Crippen LogP contribution in [-0.4, -0.2) is 12.3 Å². The number of allylic oxidation sites excluding steroid dienone is 2. The Morgan fingerprint density at radius 3 is 3.00 bits per heavy atom. The zero-order valence-electron chi connectivity index (χ0n) is 7.70. The molecule has 0 fully saturated rings. The molecule has 1 heterocycles. The van der Waals surface area contributed by atoms with Crippen LogP contribution in [0.1, 0.15) is 20.3 Å². The molecule has 0 amide bonds. The third-order valence-corrected chi connectivity index (χ3v) is 2.74. The van der Waals surface area contributed by atoms with E-state index in [1.165, 1.54) is 6.42 Å². The highest BCUT2D eigenvalue weighted by molar-refractivity contribution is 5.73. The maximum atomic E-state index is 4.44. The molecule has 0 saturated heterocycles. The van der Waals surface area contributed by atoms with E-state index in [0.29, 0.717) is 17.9 Å². The molecule has 0 radical (unpaired) electrons. The Morgan fingerprint density at radius 2 is 2.33 bits per heavy atom. The van der Waals surface area contributed by atoms with Gasteiger partial charge in [0.2, 0.25) is 0 Å². The summed E-state index contributed by atoms with van der Waals surface area (Å²) in [6.07, 6.45) is 9.83. The lowest BCUT2D eigenvalue weighted by atomic mass is 9.97. The fourth-order valence-electron chi connectivity index (χ4n) is 1.91. The fraction of sp³-hybridized carbons (Fsp3) is 0.545. The van der Waals surface area contributed by atoms with Crippen LogP contribution in [0.25, 0.3) is 0 Å². The highest BCUT2D eigenvalue weighted by atomic mass is 14.8. The largest absolute Gasteiger partial charge is 0.285 e. The Kier molecular flexibility index (Phi) is 1.87. The molecule has 0 aromatic rings. The van der Waals surface area contributed by atoms with Gasteiger partial charge in [-0.1, -0.05) is 31.6 Å². The van der Waals surface area contributed by atoms with Gasteiger partial charge in [0.25, 0.3) is 0 Å². The van der Waals surface area contributed by atoms with Gasteiger partial charge in [0.1, 0.15) is 0 Å². The number of fused-ring (bicyclic) bond motifs is 1. The van der Waals surface area contributed by atoms with Crippen molar-refractivity contribution in [2.45, 2.75) is 26.3 Å². The molecular formula is C11H15N. The van der Waals surface area contributed by atoms with Crippen molar-refractivity contribution >= 4 is 6.21 Å². The molecule has 1 heteroatoms. The SMILES string of the molecule is CC(C)C1=CC2N=CC=CC2C1. The number of nitrogens with zero attached hydrogens (tertiary/aromatic N) is 1. The second-order valence-corrected chi connectivity index (χ2v) is 3.94. The van der Waals surface area contributed by atoms with E-state index in [1.54, 1.807) is 5.57 Å². The Labute approximate surface area is 73.9 Å². The number of hydrogen-bond acceptors (Lipinski definition) is 1. The zero-order chi connectivity index (χ0) is 8.55. The van der Waals surface area contributed by atoms with Crippen molar-refractivity contribution in [1.29, 1.82) is 0 Å². The van der Waals surface area contributed by atoms with Crippen LogP contribution in [0.3, 0.4) is 0 Å². The molecule has 1 nitrogen and oxygen atoms in total. The van der Waals surface area contributed by atoms with Crippen molar-refractivity contribution in [1.82, 2.24) is 0 Å². The molecule has 0 N–H and O–H groups in total. The van der Waals surface area contributed by atoms with Crippen molar-refractivity contribution in [2.24, 2.45) is 16.8 Å². The number of aliphatic imine (C=N–C) groups is 1. The van der Waals surface area contributed by atoms with Gasteiger partial charge in [-0.3, -0.25) is 4.99 Å². The maximum absolute atomic E-state index is 4.44. The van der Waals surface area contributed by atoms with Crippen molar-refractivity contribution in [3.05, 3.63) is 23.8 Å². The van der Waals surface area contributed by atoms with E-state index in [1.807, 2.05) is 6.21 Å². The first-order chi connectivity index (χ1) is 5.77. The van der Waals surface area contributed by atoms with E-state index in [2.05, 4.69) is 37.1 Å². The number of hydrogen-bond donors (Lipinski definition) is 0. The minimum absolute atomic E-state index is 0.451. The monoisotopic (exact) mass is 161 g/mol. The third kappa shape index (κ3) is 1.24. The molecule has 2 aliphatic rings. The Balaban J connectivity index is 2.16. The topological polar surface area (TPSA) is 12.4 Å². The van der Waals surface area contributed by atoms with Crippen LogP contribution in [0.2, 0.25) is 0 Å². The van der Waals surface area contributed by atoms with E-state index >= 15 is 0 Å². The van der Waals surface area contributed by atoms with Crippen LogP contribution in [-0.2, 0) is 0 Å². The van der Waals surface area contributed by atoms with Gasteiger partial charge in [0.05, 0.1) is 6.04 Å².